The SMILES string of the molecule is Cc1cncc(COc2c(C)cc(Br)cc2CO)c1. The number of aliphatic hydroxyl groups is 1. The lowest BCUT2D eigenvalue weighted by Gasteiger charge is -2.14. The van der Waals surface area contributed by atoms with Gasteiger partial charge in [-0.25, -0.2) is 0 Å². The second-order valence-corrected chi connectivity index (χ2v) is 5.44. The van der Waals surface area contributed by atoms with Crippen molar-refractivity contribution >= 4 is 15.9 Å². The summed E-state index contributed by atoms with van der Waals surface area (Å²) in [5.74, 6) is 0.743. The van der Waals surface area contributed by atoms with Gasteiger partial charge in [0.1, 0.15) is 12.4 Å². The number of pyridine rings is 1. The van der Waals surface area contributed by atoms with E-state index in [1.54, 1.807) is 6.20 Å². The van der Waals surface area contributed by atoms with Crippen LogP contribution in [0.4, 0.5) is 0 Å². The third-order valence-corrected chi connectivity index (χ3v) is 3.26. The number of aryl methyl sites for hydroxylation is 2. The van der Waals surface area contributed by atoms with Gasteiger partial charge in [0.05, 0.1) is 6.61 Å². The van der Waals surface area contributed by atoms with E-state index in [9.17, 15) is 5.11 Å². The fourth-order valence-corrected chi connectivity index (χ4v) is 2.59. The standard InChI is InChI=1S/C15H16BrNO2/c1-10-3-12(7-17-6-10)9-19-15-11(2)4-14(16)5-13(15)8-18/h3-7,18H,8-9H2,1-2H3. The van der Waals surface area contributed by atoms with Gasteiger partial charge in [-0.2, -0.15) is 0 Å². The molecule has 1 aromatic heterocycles. The van der Waals surface area contributed by atoms with Crippen LogP contribution in [0.15, 0.2) is 35.1 Å². The molecule has 0 spiro atoms. The Morgan fingerprint density at radius 2 is 2.00 bits per heavy atom. The minimum absolute atomic E-state index is 0.0400. The normalized spacial score (nSPS) is 10.5. The Balaban J connectivity index is 2.19. The topological polar surface area (TPSA) is 42.4 Å². The van der Waals surface area contributed by atoms with Crippen LogP contribution < -0.4 is 4.74 Å². The third kappa shape index (κ3) is 3.55. The number of hydrogen-bond donors (Lipinski definition) is 1. The summed E-state index contributed by atoms with van der Waals surface area (Å²) in [4.78, 5) is 4.14. The quantitative estimate of drug-likeness (QED) is 0.936. The molecule has 19 heavy (non-hydrogen) atoms. The molecule has 3 nitrogen and oxygen atoms in total. The number of hydrogen-bond acceptors (Lipinski definition) is 3. The van der Waals surface area contributed by atoms with E-state index in [0.29, 0.717) is 6.61 Å². The number of halogens is 1. The predicted octanol–water partition coefficient (Wildman–Crippen LogP) is 3.53. The van der Waals surface area contributed by atoms with Gasteiger partial charge >= 0.3 is 0 Å². The van der Waals surface area contributed by atoms with Gasteiger partial charge in [-0.15, -0.1) is 0 Å². The largest absolute Gasteiger partial charge is 0.488 e. The summed E-state index contributed by atoms with van der Waals surface area (Å²) in [6.45, 7) is 4.38. The maximum atomic E-state index is 9.40. The second kappa shape index (κ2) is 6.17. The van der Waals surface area contributed by atoms with Crippen molar-refractivity contribution in [2.24, 2.45) is 0 Å². The monoisotopic (exact) mass is 321 g/mol. The number of rotatable bonds is 4. The number of aromatic nitrogens is 1. The molecule has 0 atom stereocenters. The summed E-state index contributed by atoms with van der Waals surface area (Å²) in [6.07, 6.45) is 3.60. The Labute approximate surface area is 121 Å². The van der Waals surface area contributed by atoms with E-state index in [4.69, 9.17) is 4.74 Å². The molecule has 0 aliphatic heterocycles. The molecule has 1 aromatic carbocycles. The van der Waals surface area contributed by atoms with Gasteiger partial charge in [-0.05, 0) is 43.2 Å². The first-order valence-electron chi connectivity index (χ1n) is 6.03. The molecule has 0 radical (unpaired) electrons. The molecule has 0 fully saturated rings. The van der Waals surface area contributed by atoms with Crippen molar-refractivity contribution in [3.63, 3.8) is 0 Å². The summed E-state index contributed by atoms with van der Waals surface area (Å²) < 4.78 is 6.78. The van der Waals surface area contributed by atoms with Gasteiger partial charge in [0.15, 0.2) is 0 Å². The average Bonchev–Trinajstić information content (AvgIpc) is 2.37. The van der Waals surface area contributed by atoms with Crippen LogP contribution in [0.3, 0.4) is 0 Å². The van der Waals surface area contributed by atoms with Gasteiger partial charge in [0, 0.05) is 28.0 Å². The lowest BCUT2D eigenvalue weighted by molar-refractivity contribution is 0.257. The van der Waals surface area contributed by atoms with Gasteiger partial charge < -0.3 is 9.84 Å². The van der Waals surface area contributed by atoms with Crippen molar-refractivity contribution in [2.75, 3.05) is 0 Å². The summed E-state index contributed by atoms with van der Waals surface area (Å²) in [5.41, 5.74) is 3.91. The molecular formula is C15H16BrNO2. The highest BCUT2D eigenvalue weighted by Gasteiger charge is 2.08. The Kier molecular flexibility index (Phi) is 4.56. The van der Waals surface area contributed by atoms with E-state index in [2.05, 4.69) is 20.9 Å². The smallest absolute Gasteiger partial charge is 0.128 e. The summed E-state index contributed by atoms with van der Waals surface area (Å²) in [5, 5.41) is 9.40. The summed E-state index contributed by atoms with van der Waals surface area (Å²) >= 11 is 3.42. The number of nitrogens with zero attached hydrogens (tertiary/aromatic N) is 1. The van der Waals surface area contributed by atoms with Crippen LogP contribution in [0.5, 0.6) is 5.75 Å². The lowest BCUT2D eigenvalue weighted by atomic mass is 10.1. The van der Waals surface area contributed by atoms with Crippen molar-refractivity contribution in [3.05, 3.63) is 57.3 Å². The van der Waals surface area contributed by atoms with E-state index >= 15 is 0 Å². The highest BCUT2D eigenvalue weighted by Crippen LogP contribution is 2.28. The second-order valence-electron chi connectivity index (χ2n) is 4.53. The van der Waals surface area contributed by atoms with E-state index < -0.39 is 0 Å². The fraction of sp³-hybridized carbons (Fsp3) is 0.267. The Bertz CT molecular complexity index is 584. The van der Waals surface area contributed by atoms with Crippen LogP contribution in [-0.4, -0.2) is 10.1 Å². The van der Waals surface area contributed by atoms with Crippen LogP contribution in [-0.2, 0) is 13.2 Å². The molecule has 1 N–H and O–H groups in total. The third-order valence-electron chi connectivity index (χ3n) is 2.80. The molecule has 0 unspecified atom stereocenters. The van der Waals surface area contributed by atoms with E-state index in [0.717, 1.165) is 32.5 Å². The van der Waals surface area contributed by atoms with Gasteiger partial charge in [-0.1, -0.05) is 15.9 Å². The van der Waals surface area contributed by atoms with Crippen molar-refractivity contribution < 1.29 is 9.84 Å². The Hall–Kier alpha value is -1.39. The maximum Gasteiger partial charge on any atom is 0.128 e. The van der Waals surface area contributed by atoms with Crippen LogP contribution in [0, 0.1) is 13.8 Å². The molecule has 4 heteroatoms. The summed E-state index contributed by atoms with van der Waals surface area (Å²) in [6, 6.07) is 5.89. The molecular weight excluding hydrogens is 306 g/mol. The molecule has 2 aromatic rings. The molecule has 1 heterocycles. The number of aliphatic hydroxyl groups excluding tert-OH is 1. The first-order chi connectivity index (χ1) is 9.10. The van der Waals surface area contributed by atoms with Crippen LogP contribution in [0.25, 0.3) is 0 Å². The van der Waals surface area contributed by atoms with Crippen LogP contribution in [0.1, 0.15) is 22.3 Å². The molecule has 0 amide bonds. The van der Waals surface area contributed by atoms with E-state index in [1.807, 2.05) is 38.2 Å². The predicted molar refractivity (Wildman–Crippen MR) is 78.1 cm³/mol. The zero-order chi connectivity index (χ0) is 13.8. The average molecular weight is 322 g/mol. The minimum Gasteiger partial charge on any atom is -0.488 e. The number of ether oxygens (including phenoxy) is 1. The van der Waals surface area contributed by atoms with E-state index in [1.165, 1.54) is 0 Å². The molecule has 100 valence electrons. The van der Waals surface area contributed by atoms with Crippen molar-refractivity contribution in [2.45, 2.75) is 27.1 Å². The van der Waals surface area contributed by atoms with Crippen LogP contribution >= 0.6 is 15.9 Å². The first-order valence-corrected chi connectivity index (χ1v) is 6.82. The fourth-order valence-electron chi connectivity index (χ4n) is 1.98. The van der Waals surface area contributed by atoms with Gasteiger partial charge in [-0.3, -0.25) is 4.98 Å². The molecule has 0 saturated heterocycles. The zero-order valence-electron chi connectivity index (χ0n) is 11.0. The molecule has 2 rings (SSSR count). The van der Waals surface area contributed by atoms with Gasteiger partial charge in [0.2, 0.25) is 0 Å². The molecule has 0 aliphatic rings. The molecule has 0 bridgehead atoms. The number of benzene rings is 1. The minimum atomic E-state index is -0.0400. The van der Waals surface area contributed by atoms with Crippen molar-refractivity contribution in [1.82, 2.24) is 4.98 Å². The van der Waals surface area contributed by atoms with Crippen molar-refractivity contribution in [3.8, 4) is 5.75 Å². The Morgan fingerprint density at radius 3 is 2.68 bits per heavy atom. The zero-order valence-corrected chi connectivity index (χ0v) is 12.6. The van der Waals surface area contributed by atoms with E-state index in [-0.39, 0.29) is 6.61 Å². The highest BCUT2D eigenvalue weighted by molar-refractivity contribution is 9.10. The van der Waals surface area contributed by atoms with Gasteiger partial charge in [0.25, 0.3) is 0 Å². The highest BCUT2D eigenvalue weighted by atomic mass is 79.9. The van der Waals surface area contributed by atoms with Crippen molar-refractivity contribution in [1.29, 1.82) is 0 Å². The molecule has 0 saturated carbocycles. The molecule has 0 aliphatic carbocycles. The first kappa shape index (κ1) is 14.0. The lowest BCUT2D eigenvalue weighted by Crippen LogP contribution is -2.01. The Morgan fingerprint density at radius 1 is 1.21 bits per heavy atom. The van der Waals surface area contributed by atoms with Crippen LogP contribution in [0.2, 0.25) is 0 Å². The maximum absolute atomic E-state index is 9.40. The summed E-state index contributed by atoms with van der Waals surface area (Å²) in [7, 11) is 0.